The molecule has 0 radical (unpaired) electrons. The van der Waals surface area contributed by atoms with Gasteiger partial charge in [-0.15, -0.1) is 17.2 Å². The first-order chi connectivity index (χ1) is 24.5. The minimum absolute atomic E-state index is 0.0711. The fourth-order valence-electron chi connectivity index (χ4n) is 10.9. The fraction of sp³-hybridized carbons (Fsp3) is 0.824. The first kappa shape index (κ1) is 43.6. The summed E-state index contributed by atoms with van der Waals surface area (Å²) in [6.45, 7) is 4.10. The Labute approximate surface area is 319 Å². The highest BCUT2D eigenvalue weighted by Crippen LogP contribution is 2.61. The Bertz CT molecular complexity index is 1830. The smallest absolute Gasteiger partial charge is 0.267 e. The van der Waals surface area contributed by atoms with Crippen molar-refractivity contribution in [2.75, 3.05) is 5.73 Å². The number of hydrogen-bond acceptors (Lipinski definition) is 9. The largest absolute Gasteiger partial charge is 0.398 e. The Kier molecular flexibility index (Phi) is 13.5. The van der Waals surface area contributed by atoms with Gasteiger partial charge in [-0.25, -0.2) is 0 Å². The van der Waals surface area contributed by atoms with Gasteiger partial charge in [0.2, 0.25) is 0 Å². The zero-order valence-electron chi connectivity index (χ0n) is 30.4. The average Bonchev–Trinajstić information content (AvgIpc) is 3.89. The van der Waals surface area contributed by atoms with Crippen molar-refractivity contribution >= 4 is 63.3 Å². The number of hydrogen-bond donors (Lipinski definition) is 5. The summed E-state index contributed by atoms with van der Waals surface area (Å²) in [6, 6.07) is 5.75. The second kappa shape index (κ2) is 16.4. The molecule has 5 rings (SSSR count). The number of nitrogens with two attached hydrogens (primary N) is 1. The maximum atomic E-state index is 12.2. The van der Waals surface area contributed by atoms with E-state index in [9.17, 15) is 51.9 Å². The van der Waals surface area contributed by atoms with E-state index in [0.717, 1.165) is 11.1 Å². The second-order valence-electron chi connectivity index (χ2n) is 16.1. The van der Waals surface area contributed by atoms with Crippen LogP contribution in [0.15, 0.2) is 18.2 Å². The van der Waals surface area contributed by atoms with Gasteiger partial charge in [0, 0.05) is 5.69 Å². The van der Waals surface area contributed by atoms with Crippen LogP contribution >= 0.6 is 17.2 Å². The highest BCUT2D eigenvalue weighted by Gasteiger charge is 2.53. The van der Waals surface area contributed by atoms with E-state index in [-0.39, 0.29) is 66.5 Å². The number of benzene rings is 1. The highest BCUT2D eigenvalue weighted by molar-refractivity contribution is 7.87. The van der Waals surface area contributed by atoms with Gasteiger partial charge >= 0.3 is 0 Å². The maximum absolute atomic E-state index is 12.2. The maximum Gasteiger partial charge on any atom is 0.267 e. The molecule has 4 aliphatic carbocycles. The number of anilines is 1. The van der Waals surface area contributed by atoms with E-state index in [1.807, 2.05) is 25.1 Å². The topological polar surface area (TPSA) is 243 Å². The van der Waals surface area contributed by atoms with Crippen LogP contribution in [-0.4, -0.2) is 83.2 Å². The molecule has 19 heteroatoms. The molecule has 53 heavy (non-hydrogen) atoms. The molecule has 4 aliphatic rings. The van der Waals surface area contributed by atoms with Gasteiger partial charge in [-0.3, -0.25) is 18.2 Å². The molecule has 13 nitrogen and oxygen atoms in total. The van der Waals surface area contributed by atoms with E-state index in [2.05, 4.69) is 6.92 Å². The van der Waals surface area contributed by atoms with Crippen molar-refractivity contribution in [1.29, 1.82) is 0 Å². The van der Waals surface area contributed by atoms with Gasteiger partial charge in [-0.05, 0) is 153 Å². The molecule has 304 valence electrons. The molecular formula is C34H57NO12P2S4. The van der Waals surface area contributed by atoms with Crippen LogP contribution in [0.1, 0.15) is 115 Å². The van der Waals surface area contributed by atoms with E-state index >= 15 is 0 Å². The molecule has 1 aromatic rings. The highest BCUT2D eigenvalue weighted by atomic mass is 32.2. The summed E-state index contributed by atoms with van der Waals surface area (Å²) in [5.74, 6) is -0.305. The van der Waals surface area contributed by atoms with Crippen molar-refractivity contribution in [1.82, 2.24) is 0 Å². The Morgan fingerprint density at radius 2 is 0.887 bits per heavy atom. The van der Waals surface area contributed by atoms with Gasteiger partial charge in [-0.1, -0.05) is 26.0 Å². The number of rotatable bonds is 16. The molecule has 0 amide bonds. The lowest BCUT2D eigenvalue weighted by Gasteiger charge is -2.45. The molecule has 10 unspecified atom stereocenters. The van der Waals surface area contributed by atoms with Gasteiger partial charge in [0.05, 0.1) is 21.0 Å². The summed E-state index contributed by atoms with van der Waals surface area (Å²) < 4.78 is 137. The SMILES string of the molecule is CCC(PCc1cccc(N)c1CPC(CC)(C1CCC(S(=O)(=O)O)C1)C1CCC(S(=O)(=O)O)C1)(C1CCC(S(=O)(=O)O)C1)C1CCC(S(=O)(=O)O)C1. The van der Waals surface area contributed by atoms with Crippen LogP contribution in [0.5, 0.6) is 0 Å². The summed E-state index contributed by atoms with van der Waals surface area (Å²) in [7, 11) is -16.5. The minimum Gasteiger partial charge on any atom is -0.398 e. The van der Waals surface area contributed by atoms with Crippen molar-refractivity contribution in [2.45, 2.75) is 147 Å². The quantitative estimate of drug-likeness (QED) is 0.0713. The van der Waals surface area contributed by atoms with Crippen molar-refractivity contribution in [3.05, 3.63) is 29.3 Å². The van der Waals surface area contributed by atoms with Gasteiger partial charge < -0.3 is 5.73 Å². The molecule has 4 saturated carbocycles. The predicted octanol–water partition coefficient (Wildman–Crippen LogP) is 6.15. The summed E-state index contributed by atoms with van der Waals surface area (Å²) in [5, 5.41) is -4.39. The van der Waals surface area contributed by atoms with Gasteiger partial charge in [0.25, 0.3) is 40.5 Å². The van der Waals surface area contributed by atoms with Crippen LogP contribution in [0.3, 0.4) is 0 Å². The lowest BCUT2D eigenvalue weighted by molar-refractivity contribution is 0.259. The lowest BCUT2D eigenvalue weighted by atomic mass is 9.76. The molecule has 0 spiro atoms. The van der Waals surface area contributed by atoms with Crippen molar-refractivity contribution in [3.63, 3.8) is 0 Å². The first-order valence-corrected chi connectivity index (χ1v) is 27.2. The van der Waals surface area contributed by atoms with E-state index in [0.29, 0.717) is 82.2 Å². The molecule has 4 fully saturated rings. The van der Waals surface area contributed by atoms with Crippen molar-refractivity contribution in [3.8, 4) is 0 Å². The van der Waals surface area contributed by atoms with Crippen LogP contribution in [0.2, 0.25) is 0 Å². The van der Waals surface area contributed by atoms with Gasteiger partial charge in [0.15, 0.2) is 0 Å². The van der Waals surface area contributed by atoms with E-state index < -0.39 is 71.8 Å². The van der Waals surface area contributed by atoms with Crippen molar-refractivity contribution < 1.29 is 51.9 Å². The standard InChI is InChI=1S/C34H57NO12P2S4/c1-3-33(23-8-12-27(16-23)50(36,37)38,24-9-13-28(17-24)51(39,40)41)48-20-22-6-5-7-32(35)31(22)21-49-34(4-2,25-10-14-29(18-25)52(42,43)44)26-11-15-30(19-26)53(45,46)47/h5-7,23-30,48-49H,3-4,8-21,35H2,1-2H3,(H,36,37,38)(H,39,40,41)(H,42,43,44)(H,45,46,47). The average molecular weight is 862 g/mol. The minimum atomic E-state index is -4.25. The van der Waals surface area contributed by atoms with Crippen molar-refractivity contribution in [2.24, 2.45) is 23.7 Å². The van der Waals surface area contributed by atoms with Gasteiger partial charge in [-0.2, -0.15) is 33.7 Å². The molecule has 0 saturated heterocycles. The summed E-state index contributed by atoms with van der Waals surface area (Å²) in [5.41, 5.74) is 9.25. The fourth-order valence-corrected chi connectivity index (χ4v) is 19.0. The first-order valence-electron chi connectivity index (χ1n) is 18.8. The lowest BCUT2D eigenvalue weighted by Crippen LogP contribution is -2.40. The van der Waals surface area contributed by atoms with E-state index in [1.165, 1.54) is 0 Å². The summed E-state index contributed by atoms with van der Waals surface area (Å²) in [6.07, 6.45) is 7.24. The van der Waals surface area contributed by atoms with Crippen LogP contribution in [0.25, 0.3) is 0 Å². The van der Waals surface area contributed by atoms with Gasteiger partial charge in [0.1, 0.15) is 0 Å². The molecule has 0 aliphatic heterocycles. The monoisotopic (exact) mass is 861 g/mol. The van der Waals surface area contributed by atoms with Crippen LogP contribution in [0, 0.1) is 23.7 Å². The second-order valence-corrected chi connectivity index (χ2v) is 26.1. The van der Waals surface area contributed by atoms with Crippen LogP contribution < -0.4 is 5.73 Å². The third-order valence-electron chi connectivity index (χ3n) is 13.8. The molecule has 6 N–H and O–H groups in total. The Morgan fingerprint density at radius 1 is 0.566 bits per heavy atom. The molecule has 1 aromatic carbocycles. The predicted molar refractivity (Wildman–Crippen MR) is 212 cm³/mol. The molecule has 0 aromatic heterocycles. The van der Waals surface area contributed by atoms with Crippen LogP contribution in [0.4, 0.5) is 5.69 Å². The van der Waals surface area contributed by atoms with E-state index in [1.54, 1.807) is 0 Å². The molecular weight excluding hydrogens is 805 g/mol. The Morgan fingerprint density at radius 3 is 1.17 bits per heavy atom. The Balaban J connectivity index is 1.45. The Hall–Kier alpha value is -0.480. The van der Waals surface area contributed by atoms with E-state index in [4.69, 9.17) is 5.73 Å². The third-order valence-corrected chi connectivity index (χ3v) is 23.6. The van der Waals surface area contributed by atoms with Crippen LogP contribution in [-0.2, 0) is 52.8 Å². The molecule has 0 heterocycles. The third kappa shape index (κ3) is 9.47. The summed E-state index contributed by atoms with van der Waals surface area (Å²) in [4.78, 5) is 0. The molecule has 0 bridgehead atoms. The molecule has 10 atom stereocenters. The zero-order chi connectivity index (χ0) is 39.2. The zero-order valence-corrected chi connectivity index (χ0v) is 35.7. The number of nitrogen functional groups attached to an aromatic ring is 1. The summed E-state index contributed by atoms with van der Waals surface area (Å²) >= 11 is 0. The normalized spacial score (nSPS) is 32.9.